The largest absolute Gasteiger partial charge is 0.354 e. The summed E-state index contributed by atoms with van der Waals surface area (Å²) < 4.78 is 0. The van der Waals surface area contributed by atoms with Gasteiger partial charge in [0.2, 0.25) is 0 Å². The third kappa shape index (κ3) is 5.34. The molecule has 0 atom stereocenters. The number of amides is 2. The number of pyridine rings is 1. The first kappa shape index (κ1) is 19.0. The van der Waals surface area contributed by atoms with Gasteiger partial charge in [0.05, 0.1) is 0 Å². The summed E-state index contributed by atoms with van der Waals surface area (Å²) in [5.74, 6) is 2.48. The maximum Gasteiger partial charge on any atom is 0.315 e. The lowest BCUT2D eigenvalue weighted by Crippen LogP contribution is -2.45. The Bertz CT molecular complexity index is 577. The van der Waals surface area contributed by atoms with Gasteiger partial charge in [0.15, 0.2) is 0 Å². The van der Waals surface area contributed by atoms with Crippen molar-refractivity contribution >= 4 is 11.8 Å². The predicted molar refractivity (Wildman–Crippen MR) is 105 cm³/mol. The summed E-state index contributed by atoms with van der Waals surface area (Å²) in [7, 11) is 2.15. The zero-order valence-corrected chi connectivity index (χ0v) is 16.2. The minimum Gasteiger partial charge on any atom is -0.354 e. The molecule has 1 aromatic rings. The summed E-state index contributed by atoms with van der Waals surface area (Å²) in [6, 6.07) is 3.93. The highest BCUT2D eigenvalue weighted by atomic mass is 16.2. The van der Waals surface area contributed by atoms with Crippen LogP contribution >= 0.6 is 0 Å². The van der Waals surface area contributed by atoms with Crippen LogP contribution in [0, 0.1) is 11.8 Å². The summed E-state index contributed by atoms with van der Waals surface area (Å²) in [4.78, 5) is 21.4. The van der Waals surface area contributed by atoms with Crippen molar-refractivity contribution in [3.63, 3.8) is 0 Å². The van der Waals surface area contributed by atoms with Crippen molar-refractivity contribution in [2.75, 3.05) is 44.7 Å². The Hall–Kier alpha value is -1.82. The lowest BCUT2D eigenvalue weighted by atomic mass is 9.83. The first-order chi connectivity index (χ1) is 12.6. The van der Waals surface area contributed by atoms with Gasteiger partial charge in [-0.25, -0.2) is 9.78 Å². The van der Waals surface area contributed by atoms with Crippen LogP contribution in [0.15, 0.2) is 18.3 Å². The molecular formula is C20H33N5O. The number of carbonyl (C=O) groups is 1. The van der Waals surface area contributed by atoms with Crippen molar-refractivity contribution in [3.8, 4) is 0 Å². The molecule has 0 unspecified atom stereocenters. The van der Waals surface area contributed by atoms with Crippen LogP contribution in [-0.4, -0.2) is 55.7 Å². The molecule has 2 fully saturated rings. The van der Waals surface area contributed by atoms with Gasteiger partial charge in [-0.1, -0.05) is 25.8 Å². The minimum atomic E-state index is -0.0724. The van der Waals surface area contributed by atoms with Crippen LogP contribution in [0.4, 0.5) is 10.6 Å². The molecule has 6 heteroatoms. The van der Waals surface area contributed by atoms with E-state index in [9.17, 15) is 4.79 Å². The Kier molecular flexibility index (Phi) is 6.72. The Labute approximate surface area is 157 Å². The van der Waals surface area contributed by atoms with Crippen molar-refractivity contribution in [1.82, 2.24) is 20.5 Å². The molecule has 2 aliphatic rings. The molecule has 0 bridgehead atoms. The lowest BCUT2D eigenvalue weighted by molar-refractivity contribution is 0.232. The summed E-state index contributed by atoms with van der Waals surface area (Å²) in [5, 5.41) is 6.06. The Balaban J connectivity index is 1.46. The first-order valence-electron chi connectivity index (χ1n) is 10.0. The van der Waals surface area contributed by atoms with Crippen molar-refractivity contribution < 1.29 is 4.79 Å². The number of nitrogens with zero attached hydrogens (tertiary/aromatic N) is 3. The number of carbonyl (C=O) groups excluding carboxylic acids is 1. The van der Waals surface area contributed by atoms with E-state index in [0.29, 0.717) is 12.5 Å². The maximum absolute atomic E-state index is 12.2. The minimum absolute atomic E-state index is 0.0724. The van der Waals surface area contributed by atoms with E-state index in [1.54, 1.807) is 0 Å². The van der Waals surface area contributed by atoms with Gasteiger partial charge in [-0.05, 0) is 37.8 Å². The van der Waals surface area contributed by atoms with E-state index in [1.807, 2.05) is 12.3 Å². The second kappa shape index (κ2) is 9.21. The van der Waals surface area contributed by atoms with E-state index < -0.39 is 0 Å². The molecule has 1 aromatic heterocycles. The third-order valence-electron chi connectivity index (χ3n) is 5.80. The molecule has 2 N–H and O–H groups in total. The molecule has 2 amide bonds. The van der Waals surface area contributed by atoms with E-state index in [-0.39, 0.29) is 6.03 Å². The quantitative estimate of drug-likeness (QED) is 0.848. The van der Waals surface area contributed by atoms with Gasteiger partial charge in [-0.2, -0.15) is 0 Å². The zero-order chi connectivity index (χ0) is 18.4. The number of aromatic nitrogens is 1. The van der Waals surface area contributed by atoms with Crippen LogP contribution in [0.5, 0.6) is 0 Å². The fraction of sp³-hybridized carbons (Fsp3) is 0.700. The molecule has 6 nitrogen and oxygen atoms in total. The summed E-state index contributed by atoms with van der Waals surface area (Å²) in [6.07, 6.45) is 6.88. The Morgan fingerprint density at radius 3 is 2.62 bits per heavy atom. The number of nitrogens with one attached hydrogen (secondary N) is 2. The molecule has 0 spiro atoms. The standard InChI is InChI=1S/C20H33N5O/c1-16-5-7-17(8-6-16)14-22-20(26)23-15-18-4-3-9-21-19(18)25-12-10-24(2)11-13-25/h3-4,9,16-17H,5-8,10-15H2,1-2H3,(H2,22,23,26). The SMILES string of the molecule is CC1CCC(CNC(=O)NCc2cccnc2N2CCN(C)CC2)CC1. The fourth-order valence-corrected chi connectivity index (χ4v) is 3.88. The van der Waals surface area contributed by atoms with Gasteiger partial charge in [-0.15, -0.1) is 0 Å². The van der Waals surface area contributed by atoms with Crippen LogP contribution in [0.3, 0.4) is 0 Å². The Morgan fingerprint density at radius 1 is 1.15 bits per heavy atom. The first-order valence-corrected chi connectivity index (χ1v) is 10.0. The molecule has 3 rings (SSSR count). The summed E-state index contributed by atoms with van der Waals surface area (Å²) in [5.41, 5.74) is 1.08. The number of anilines is 1. The molecule has 1 aliphatic heterocycles. The number of piperazine rings is 1. The van der Waals surface area contributed by atoms with Crippen molar-refractivity contribution in [1.29, 1.82) is 0 Å². The van der Waals surface area contributed by atoms with Crippen molar-refractivity contribution in [2.45, 2.75) is 39.2 Å². The second-order valence-electron chi connectivity index (χ2n) is 7.97. The van der Waals surface area contributed by atoms with Gasteiger partial charge >= 0.3 is 6.03 Å². The molecule has 0 aromatic carbocycles. The number of hydrogen-bond donors (Lipinski definition) is 2. The third-order valence-corrected chi connectivity index (χ3v) is 5.80. The number of urea groups is 1. The van der Waals surface area contributed by atoms with Crippen LogP contribution in [0.2, 0.25) is 0 Å². The molecule has 26 heavy (non-hydrogen) atoms. The van der Waals surface area contributed by atoms with E-state index >= 15 is 0 Å². The fourth-order valence-electron chi connectivity index (χ4n) is 3.88. The topological polar surface area (TPSA) is 60.5 Å². The van der Waals surface area contributed by atoms with Gasteiger partial charge in [0, 0.05) is 51.0 Å². The van der Waals surface area contributed by atoms with Crippen LogP contribution in [0.1, 0.15) is 38.2 Å². The number of likely N-dealkylation sites (N-methyl/N-ethyl adjacent to an activating group) is 1. The average Bonchev–Trinajstić information content (AvgIpc) is 2.67. The highest BCUT2D eigenvalue weighted by Gasteiger charge is 2.20. The monoisotopic (exact) mass is 359 g/mol. The van der Waals surface area contributed by atoms with Crippen LogP contribution < -0.4 is 15.5 Å². The van der Waals surface area contributed by atoms with E-state index in [1.165, 1.54) is 25.7 Å². The van der Waals surface area contributed by atoms with E-state index in [2.05, 4.69) is 45.5 Å². The number of hydrogen-bond acceptors (Lipinski definition) is 4. The summed E-state index contributed by atoms with van der Waals surface area (Å²) >= 11 is 0. The lowest BCUT2D eigenvalue weighted by Gasteiger charge is -2.34. The molecule has 0 radical (unpaired) electrons. The molecule has 1 aliphatic carbocycles. The smallest absolute Gasteiger partial charge is 0.315 e. The highest BCUT2D eigenvalue weighted by molar-refractivity contribution is 5.74. The van der Waals surface area contributed by atoms with Gasteiger partial charge in [0.25, 0.3) is 0 Å². The molecule has 1 saturated carbocycles. The average molecular weight is 360 g/mol. The maximum atomic E-state index is 12.2. The van der Waals surface area contributed by atoms with Crippen molar-refractivity contribution in [2.24, 2.45) is 11.8 Å². The summed E-state index contributed by atoms with van der Waals surface area (Å²) in [6.45, 7) is 7.68. The van der Waals surface area contributed by atoms with E-state index in [4.69, 9.17) is 0 Å². The predicted octanol–water partition coefficient (Wildman–Crippen LogP) is 2.46. The highest BCUT2D eigenvalue weighted by Crippen LogP contribution is 2.27. The van der Waals surface area contributed by atoms with Crippen LogP contribution in [0.25, 0.3) is 0 Å². The normalized spacial score (nSPS) is 24.3. The molecule has 2 heterocycles. The Morgan fingerprint density at radius 2 is 1.88 bits per heavy atom. The van der Waals surface area contributed by atoms with Crippen molar-refractivity contribution in [3.05, 3.63) is 23.9 Å². The van der Waals surface area contributed by atoms with Gasteiger partial charge < -0.3 is 20.4 Å². The molecule has 1 saturated heterocycles. The number of rotatable bonds is 5. The second-order valence-corrected chi connectivity index (χ2v) is 7.97. The molecule has 144 valence electrons. The molecular weight excluding hydrogens is 326 g/mol. The van der Waals surface area contributed by atoms with Gasteiger partial charge in [0.1, 0.15) is 5.82 Å². The van der Waals surface area contributed by atoms with Gasteiger partial charge in [-0.3, -0.25) is 0 Å². The van der Waals surface area contributed by atoms with Crippen LogP contribution in [-0.2, 0) is 6.54 Å². The van der Waals surface area contributed by atoms with E-state index in [0.717, 1.165) is 50.0 Å². The zero-order valence-electron chi connectivity index (χ0n) is 16.2.